The molecule has 0 spiro atoms. The van der Waals surface area contributed by atoms with E-state index in [1.807, 2.05) is 0 Å². The van der Waals surface area contributed by atoms with Crippen LogP contribution in [0.1, 0.15) is 32.1 Å². The van der Waals surface area contributed by atoms with E-state index >= 15 is 0 Å². The Morgan fingerprint density at radius 3 is 2.78 bits per heavy atom. The lowest BCUT2D eigenvalue weighted by molar-refractivity contribution is -0.139. The van der Waals surface area contributed by atoms with Gasteiger partial charge in [0.05, 0.1) is 12.1 Å². The van der Waals surface area contributed by atoms with Crippen molar-refractivity contribution in [1.29, 1.82) is 0 Å². The monoisotopic (exact) mass is 255 g/mol. The normalized spacial score (nSPS) is 33.2. The number of primary amides is 1. The minimum absolute atomic E-state index is 0.0998. The fourth-order valence-corrected chi connectivity index (χ4v) is 2.77. The second kappa shape index (κ2) is 5.67. The molecular formula is C12H21N3O3. The number of carbonyl (C=O) groups is 2. The van der Waals surface area contributed by atoms with Gasteiger partial charge in [-0.3, -0.25) is 9.59 Å². The highest BCUT2D eigenvalue weighted by Gasteiger charge is 2.40. The van der Waals surface area contributed by atoms with Crippen LogP contribution in [0.3, 0.4) is 0 Å². The summed E-state index contributed by atoms with van der Waals surface area (Å²) in [7, 11) is 0. The third-order valence-corrected chi connectivity index (χ3v) is 3.75. The molecular weight excluding hydrogens is 234 g/mol. The summed E-state index contributed by atoms with van der Waals surface area (Å²) in [5.74, 6) is -0.634. The number of nitrogens with zero attached hydrogens (tertiary/aromatic N) is 1. The van der Waals surface area contributed by atoms with Crippen LogP contribution >= 0.6 is 0 Å². The zero-order valence-electron chi connectivity index (χ0n) is 10.5. The molecule has 3 unspecified atom stereocenters. The Balaban J connectivity index is 2.04. The Bertz CT molecular complexity index is 327. The van der Waals surface area contributed by atoms with Crippen molar-refractivity contribution in [3.63, 3.8) is 0 Å². The number of aliphatic hydroxyl groups is 1. The molecule has 0 aromatic rings. The second-order valence-electron chi connectivity index (χ2n) is 5.15. The molecule has 0 aromatic carbocycles. The van der Waals surface area contributed by atoms with Crippen LogP contribution in [0.4, 0.5) is 0 Å². The lowest BCUT2D eigenvalue weighted by Crippen LogP contribution is -2.51. The van der Waals surface area contributed by atoms with Gasteiger partial charge >= 0.3 is 0 Å². The van der Waals surface area contributed by atoms with Crippen molar-refractivity contribution in [2.24, 2.45) is 5.73 Å². The predicted molar refractivity (Wildman–Crippen MR) is 65.6 cm³/mol. The second-order valence-corrected chi connectivity index (χ2v) is 5.15. The number of rotatable bonds is 2. The molecule has 2 heterocycles. The van der Waals surface area contributed by atoms with E-state index in [0.717, 1.165) is 32.2 Å². The maximum absolute atomic E-state index is 12.4. The average Bonchev–Trinajstić information content (AvgIpc) is 2.56. The van der Waals surface area contributed by atoms with Crippen molar-refractivity contribution in [2.75, 3.05) is 13.1 Å². The number of carbonyl (C=O) groups excluding carboxylic acids is 2. The fourth-order valence-electron chi connectivity index (χ4n) is 2.77. The lowest BCUT2D eigenvalue weighted by atomic mass is 10.1. The van der Waals surface area contributed by atoms with E-state index in [1.165, 1.54) is 4.90 Å². The first-order chi connectivity index (χ1) is 8.59. The van der Waals surface area contributed by atoms with Crippen LogP contribution in [0.25, 0.3) is 0 Å². The van der Waals surface area contributed by atoms with Gasteiger partial charge in [-0.25, -0.2) is 0 Å². The van der Waals surface area contributed by atoms with Crippen LogP contribution in [0.2, 0.25) is 0 Å². The van der Waals surface area contributed by atoms with Crippen molar-refractivity contribution in [3.8, 4) is 0 Å². The van der Waals surface area contributed by atoms with Crippen molar-refractivity contribution >= 4 is 11.8 Å². The summed E-state index contributed by atoms with van der Waals surface area (Å²) in [5, 5.41) is 12.8. The number of aliphatic hydroxyl groups excluding tert-OH is 1. The molecule has 2 aliphatic rings. The van der Waals surface area contributed by atoms with E-state index in [-0.39, 0.29) is 24.9 Å². The Labute approximate surface area is 107 Å². The molecule has 2 aliphatic heterocycles. The number of likely N-dealkylation sites (tertiary alicyclic amines) is 1. The Kier molecular flexibility index (Phi) is 4.19. The average molecular weight is 255 g/mol. The van der Waals surface area contributed by atoms with Crippen LogP contribution < -0.4 is 11.1 Å². The maximum Gasteiger partial charge on any atom is 0.240 e. The maximum atomic E-state index is 12.4. The van der Waals surface area contributed by atoms with Crippen molar-refractivity contribution in [2.45, 2.75) is 50.3 Å². The number of β-amino-alcohol motifs (C(OH)–C–C–N with tert-alkyl or cyclic N) is 1. The van der Waals surface area contributed by atoms with Gasteiger partial charge in [-0.2, -0.15) is 0 Å². The quantitative estimate of drug-likeness (QED) is 0.587. The first-order valence-corrected chi connectivity index (χ1v) is 6.61. The lowest BCUT2D eigenvalue weighted by Gasteiger charge is -2.26. The van der Waals surface area contributed by atoms with Crippen molar-refractivity contribution < 1.29 is 14.7 Å². The summed E-state index contributed by atoms with van der Waals surface area (Å²) in [4.78, 5) is 25.1. The predicted octanol–water partition coefficient (Wildman–Crippen LogP) is -1.03. The molecule has 102 valence electrons. The summed E-state index contributed by atoms with van der Waals surface area (Å²) in [5.41, 5.74) is 5.28. The molecule has 2 amide bonds. The number of amides is 2. The molecule has 6 heteroatoms. The van der Waals surface area contributed by atoms with Gasteiger partial charge in [-0.1, -0.05) is 12.8 Å². The molecule has 2 saturated heterocycles. The molecule has 6 nitrogen and oxygen atoms in total. The summed E-state index contributed by atoms with van der Waals surface area (Å²) in [6.45, 7) is 1.04. The third kappa shape index (κ3) is 2.81. The number of hydrogen-bond acceptors (Lipinski definition) is 4. The van der Waals surface area contributed by atoms with E-state index in [0.29, 0.717) is 0 Å². The first-order valence-electron chi connectivity index (χ1n) is 6.61. The zero-order chi connectivity index (χ0) is 13.1. The van der Waals surface area contributed by atoms with Crippen LogP contribution in [-0.2, 0) is 9.59 Å². The third-order valence-electron chi connectivity index (χ3n) is 3.75. The summed E-state index contributed by atoms with van der Waals surface area (Å²) in [6.07, 6.45) is 3.62. The molecule has 0 saturated carbocycles. The molecule has 2 rings (SSSR count). The van der Waals surface area contributed by atoms with Crippen LogP contribution in [0, 0.1) is 0 Å². The van der Waals surface area contributed by atoms with Gasteiger partial charge in [-0.05, 0) is 19.4 Å². The first kappa shape index (κ1) is 13.3. The van der Waals surface area contributed by atoms with Gasteiger partial charge in [0.25, 0.3) is 0 Å². The fraction of sp³-hybridized carbons (Fsp3) is 0.833. The molecule has 4 N–H and O–H groups in total. The highest BCUT2D eigenvalue weighted by Crippen LogP contribution is 2.20. The smallest absolute Gasteiger partial charge is 0.240 e. The van der Waals surface area contributed by atoms with E-state index in [2.05, 4.69) is 5.32 Å². The summed E-state index contributed by atoms with van der Waals surface area (Å²) in [6, 6.07) is -0.891. The highest BCUT2D eigenvalue weighted by molar-refractivity contribution is 5.89. The summed E-state index contributed by atoms with van der Waals surface area (Å²) >= 11 is 0. The molecule has 3 atom stereocenters. The van der Waals surface area contributed by atoms with Gasteiger partial charge < -0.3 is 21.1 Å². The van der Waals surface area contributed by atoms with Gasteiger partial charge in [-0.15, -0.1) is 0 Å². The largest absolute Gasteiger partial charge is 0.391 e. The minimum Gasteiger partial charge on any atom is -0.391 e. The SMILES string of the molecule is NC(=O)C1CC(O)CN1C(=O)C1CCCCCN1. The van der Waals surface area contributed by atoms with E-state index in [4.69, 9.17) is 5.73 Å². The van der Waals surface area contributed by atoms with Gasteiger partial charge in [0.15, 0.2) is 0 Å². The molecule has 0 bridgehead atoms. The Hall–Kier alpha value is -1.14. The van der Waals surface area contributed by atoms with Gasteiger partial charge in [0.1, 0.15) is 6.04 Å². The number of nitrogens with two attached hydrogens (primary N) is 1. The molecule has 0 radical (unpaired) electrons. The standard InChI is InChI=1S/C12H21N3O3/c13-11(17)10-6-8(16)7-15(10)12(18)9-4-2-1-3-5-14-9/h8-10,14,16H,1-7H2,(H2,13,17). The zero-order valence-corrected chi connectivity index (χ0v) is 10.5. The van der Waals surface area contributed by atoms with E-state index in [9.17, 15) is 14.7 Å². The Morgan fingerprint density at radius 1 is 1.28 bits per heavy atom. The van der Waals surface area contributed by atoms with Crippen molar-refractivity contribution in [3.05, 3.63) is 0 Å². The van der Waals surface area contributed by atoms with Crippen LogP contribution in [-0.4, -0.2) is 53.1 Å². The topological polar surface area (TPSA) is 95.7 Å². The highest BCUT2D eigenvalue weighted by atomic mass is 16.3. The van der Waals surface area contributed by atoms with E-state index in [1.54, 1.807) is 0 Å². The molecule has 0 aliphatic carbocycles. The molecule has 0 aromatic heterocycles. The van der Waals surface area contributed by atoms with Gasteiger partial charge in [0.2, 0.25) is 11.8 Å². The van der Waals surface area contributed by atoms with Crippen molar-refractivity contribution in [1.82, 2.24) is 10.2 Å². The van der Waals surface area contributed by atoms with Crippen LogP contribution in [0.15, 0.2) is 0 Å². The number of hydrogen-bond donors (Lipinski definition) is 3. The summed E-state index contributed by atoms with van der Waals surface area (Å²) < 4.78 is 0. The Morgan fingerprint density at radius 2 is 2.06 bits per heavy atom. The molecule has 18 heavy (non-hydrogen) atoms. The minimum atomic E-state index is -0.655. The van der Waals surface area contributed by atoms with E-state index < -0.39 is 18.1 Å². The molecule has 2 fully saturated rings. The van der Waals surface area contributed by atoms with Crippen LogP contribution in [0.5, 0.6) is 0 Å². The van der Waals surface area contributed by atoms with Gasteiger partial charge in [0, 0.05) is 13.0 Å². The number of nitrogens with one attached hydrogen (secondary N) is 1.